The molecule has 1 aliphatic heterocycles. The van der Waals surface area contributed by atoms with Crippen LogP contribution in [0.2, 0.25) is 5.02 Å². The molecular weight excluding hydrogens is 447 g/mol. The van der Waals surface area contributed by atoms with Crippen LogP contribution in [0.4, 0.5) is 9.18 Å². The van der Waals surface area contributed by atoms with Crippen LogP contribution in [0.1, 0.15) is 44.2 Å². The van der Waals surface area contributed by atoms with Crippen LogP contribution in [0.3, 0.4) is 0 Å². The van der Waals surface area contributed by atoms with Crippen LogP contribution in [-0.2, 0) is 0 Å². The SMILES string of the molecule is CCCCN1C(=O)NC(c2ccc(Cl)cc2)C(c2nc(-c3ccc(OC)c(F)c3)no2)=C1C. The Labute approximate surface area is 196 Å². The monoisotopic (exact) mass is 470 g/mol. The average Bonchev–Trinajstić information content (AvgIpc) is 3.29. The number of amides is 2. The van der Waals surface area contributed by atoms with Gasteiger partial charge in [0.25, 0.3) is 5.89 Å². The first kappa shape index (κ1) is 22.8. The van der Waals surface area contributed by atoms with Crippen molar-refractivity contribution in [2.45, 2.75) is 32.7 Å². The minimum atomic E-state index is -0.522. The van der Waals surface area contributed by atoms with Gasteiger partial charge in [0.15, 0.2) is 11.6 Å². The number of ether oxygens (including phenoxy) is 1. The number of halogens is 2. The first-order valence-corrected chi connectivity index (χ1v) is 11.0. The molecule has 0 spiro atoms. The highest BCUT2D eigenvalue weighted by molar-refractivity contribution is 6.30. The first-order valence-electron chi connectivity index (χ1n) is 10.6. The van der Waals surface area contributed by atoms with Crippen LogP contribution in [0.25, 0.3) is 17.0 Å². The van der Waals surface area contributed by atoms with Crippen molar-refractivity contribution in [3.8, 4) is 17.1 Å². The van der Waals surface area contributed by atoms with Crippen LogP contribution in [-0.4, -0.2) is 34.7 Å². The van der Waals surface area contributed by atoms with Crippen LogP contribution in [0.5, 0.6) is 5.75 Å². The van der Waals surface area contributed by atoms with Crippen LogP contribution >= 0.6 is 11.6 Å². The molecule has 1 atom stereocenters. The fourth-order valence-electron chi connectivity index (χ4n) is 3.80. The molecule has 1 unspecified atom stereocenters. The molecule has 7 nitrogen and oxygen atoms in total. The average molecular weight is 471 g/mol. The molecule has 4 rings (SSSR count). The van der Waals surface area contributed by atoms with Crippen molar-refractivity contribution >= 4 is 23.2 Å². The molecule has 9 heteroatoms. The molecule has 1 N–H and O–H groups in total. The van der Waals surface area contributed by atoms with Gasteiger partial charge in [-0.1, -0.05) is 42.2 Å². The fraction of sp³-hybridized carbons (Fsp3) is 0.292. The molecule has 0 radical (unpaired) electrons. The van der Waals surface area contributed by atoms with Gasteiger partial charge < -0.3 is 14.6 Å². The zero-order chi connectivity index (χ0) is 23.5. The van der Waals surface area contributed by atoms with Gasteiger partial charge in [0.2, 0.25) is 5.82 Å². The maximum atomic E-state index is 14.2. The number of carbonyl (C=O) groups is 1. The molecule has 2 aromatic carbocycles. The number of methoxy groups -OCH3 is 1. The molecule has 3 aromatic rings. The highest BCUT2D eigenvalue weighted by atomic mass is 35.5. The number of hydrogen-bond donors (Lipinski definition) is 1. The summed E-state index contributed by atoms with van der Waals surface area (Å²) in [6, 6.07) is 11.0. The van der Waals surface area contributed by atoms with Crippen molar-refractivity contribution in [2.24, 2.45) is 0 Å². The van der Waals surface area contributed by atoms with Gasteiger partial charge in [-0.25, -0.2) is 9.18 Å². The van der Waals surface area contributed by atoms with Gasteiger partial charge in [-0.3, -0.25) is 4.90 Å². The van der Waals surface area contributed by atoms with Crippen molar-refractivity contribution in [3.05, 3.63) is 70.5 Å². The quantitative estimate of drug-likeness (QED) is 0.469. The third kappa shape index (κ3) is 4.57. The van der Waals surface area contributed by atoms with Gasteiger partial charge in [-0.15, -0.1) is 0 Å². The van der Waals surface area contributed by atoms with Crippen LogP contribution < -0.4 is 10.1 Å². The molecule has 0 aliphatic carbocycles. The topological polar surface area (TPSA) is 80.5 Å². The summed E-state index contributed by atoms with van der Waals surface area (Å²) in [7, 11) is 1.40. The molecule has 172 valence electrons. The fourth-order valence-corrected chi connectivity index (χ4v) is 3.93. The van der Waals surface area contributed by atoms with E-state index >= 15 is 0 Å². The Bertz CT molecular complexity index is 1190. The van der Waals surface area contributed by atoms with E-state index in [0.29, 0.717) is 22.7 Å². The second-order valence-corrected chi connectivity index (χ2v) is 8.15. The lowest BCUT2D eigenvalue weighted by molar-refractivity contribution is 0.204. The summed E-state index contributed by atoms with van der Waals surface area (Å²) in [5.74, 6) is 0.0933. The normalized spacial score (nSPS) is 16.2. The number of nitrogens with one attached hydrogen (secondary N) is 1. The van der Waals surface area contributed by atoms with E-state index in [4.69, 9.17) is 20.9 Å². The molecule has 1 aliphatic rings. The molecule has 2 heterocycles. The van der Waals surface area contributed by atoms with E-state index in [1.807, 2.05) is 19.1 Å². The maximum absolute atomic E-state index is 14.2. The van der Waals surface area contributed by atoms with Crippen molar-refractivity contribution in [3.63, 3.8) is 0 Å². The van der Waals surface area contributed by atoms with Crippen LogP contribution in [0.15, 0.2) is 52.7 Å². The number of aromatic nitrogens is 2. The molecule has 33 heavy (non-hydrogen) atoms. The smallest absolute Gasteiger partial charge is 0.322 e. The van der Waals surface area contributed by atoms with E-state index in [0.717, 1.165) is 24.1 Å². The lowest BCUT2D eigenvalue weighted by atomic mass is 9.94. The minimum Gasteiger partial charge on any atom is -0.494 e. The Morgan fingerprint density at radius 2 is 2.00 bits per heavy atom. The Morgan fingerprint density at radius 1 is 1.24 bits per heavy atom. The van der Waals surface area contributed by atoms with E-state index in [2.05, 4.69) is 22.4 Å². The second kappa shape index (κ2) is 9.62. The molecule has 0 saturated heterocycles. The lowest BCUT2D eigenvalue weighted by Crippen LogP contribution is -2.46. The zero-order valence-corrected chi connectivity index (χ0v) is 19.3. The molecular formula is C24H24ClFN4O3. The highest BCUT2D eigenvalue weighted by Crippen LogP contribution is 2.38. The number of allylic oxidation sites excluding steroid dienone is 1. The predicted octanol–water partition coefficient (Wildman–Crippen LogP) is 5.84. The Hall–Kier alpha value is -3.39. The number of unbranched alkanes of at least 4 members (excludes halogenated alkanes) is 1. The zero-order valence-electron chi connectivity index (χ0n) is 18.6. The van der Waals surface area contributed by atoms with Crippen molar-refractivity contribution in [2.75, 3.05) is 13.7 Å². The van der Waals surface area contributed by atoms with Gasteiger partial charge in [0.1, 0.15) is 0 Å². The first-order chi connectivity index (χ1) is 15.9. The third-order valence-electron chi connectivity index (χ3n) is 5.60. The van der Waals surface area contributed by atoms with Crippen molar-refractivity contribution in [1.82, 2.24) is 20.4 Å². The Balaban J connectivity index is 1.78. The van der Waals surface area contributed by atoms with E-state index in [9.17, 15) is 9.18 Å². The highest BCUT2D eigenvalue weighted by Gasteiger charge is 2.35. The van der Waals surface area contributed by atoms with E-state index in [1.54, 1.807) is 23.1 Å². The van der Waals surface area contributed by atoms with Crippen molar-refractivity contribution < 1.29 is 18.4 Å². The van der Waals surface area contributed by atoms with Crippen LogP contribution in [0, 0.1) is 5.82 Å². The standard InChI is InChI=1S/C24H24ClFN4O3/c1-4-5-12-30-14(2)20(21(27-24(30)31)15-6-9-17(25)10-7-15)23-28-22(29-33-23)16-8-11-19(32-3)18(26)13-16/h6-11,13,21H,4-5,12H2,1-3H3,(H,27,31). The third-order valence-corrected chi connectivity index (χ3v) is 5.85. The van der Waals surface area contributed by atoms with Gasteiger partial charge in [0.05, 0.1) is 18.7 Å². The van der Waals surface area contributed by atoms with E-state index < -0.39 is 11.9 Å². The summed E-state index contributed by atoms with van der Waals surface area (Å²) in [5, 5.41) is 7.70. The Morgan fingerprint density at radius 3 is 2.67 bits per heavy atom. The summed E-state index contributed by atoms with van der Waals surface area (Å²) >= 11 is 6.06. The predicted molar refractivity (Wildman–Crippen MR) is 123 cm³/mol. The van der Waals surface area contributed by atoms with Gasteiger partial charge in [-0.05, 0) is 49.2 Å². The van der Waals surface area contributed by atoms with Crippen molar-refractivity contribution in [1.29, 1.82) is 0 Å². The molecule has 0 bridgehead atoms. The number of urea groups is 1. The molecule has 0 fully saturated rings. The molecule has 1 aromatic heterocycles. The summed E-state index contributed by atoms with van der Waals surface area (Å²) in [5.41, 5.74) is 2.68. The summed E-state index contributed by atoms with van der Waals surface area (Å²) in [6.07, 6.45) is 1.80. The lowest BCUT2D eigenvalue weighted by Gasteiger charge is -2.35. The van der Waals surface area contributed by atoms with E-state index in [-0.39, 0.29) is 23.5 Å². The number of nitrogens with zero attached hydrogens (tertiary/aromatic N) is 3. The molecule has 2 amide bonds. The largest absolute Gasteiger partial charge is 0.494 e. The summed E-state index contributed by atoms with van der Waals surface area (Å²) < 4.78 is 24.8. The number of hydrogen-bond acceptors (Lipinski definition) is 5. The number of rotatable bonds is 7. The second-order valence-electron chi connectivity index (χ2n) is 7.71. The van der Waals surface area contributed by atoms with Gasteiger partial charge in [0, 0.05) is 22.8 Å². The number of benzene rings is 2. The maximum Gasteiger partial charge on any atom is 0.322 e. The summed E-state index contributed by atoms with van der Waals surface area (Å²) in [6.45, 7) is 4.50. The van der Waals surface area contributed by atoms with Gasteiger partial charge in [-0.2, -0.15) is 4.98 Å². The van der Waals surface area contributed by atoms with Gasteiger partial charge >= 0.3 is 6.03 Å². The van der Waals surface area contributed by atoms with E-state index in [1.165, 1.54) is 19.2 Å². The Kier molecular flexibility index (Phi) is 6.65. The molecule has 0 saturated carbocycles. The summed E-state index contributed by atoms with van der Waals surface area (Å²) in [4.78, 5) is 19.1. The minimum absolute atomic E-state index is 0.130. The number of carbonyl (C=O) groups excluding carboxylic acids is 1.